The highest BCUT2D eigenvalue weighted by atomic mass is 16.2. The fourth-order valence-corrected chi connectivity index (χ4v) is 3.36. The topological polar surface area (TPSA) is 52.7 Å². The van der Waals surface area contributed by atoms with Crippen LogP contribution in [0.25, 0.3) is 0 Å². The quantitative estimate of drug-likeness (QED) is 0.488. The molecule has 1 rings (SSSR count). The van der Waals surface area contributed by atoms with Gasteiger partial charge in [-0.25, -0.2) is 0 Å². The Labute approximate surface area is 154 Å². The molecule has 1 unspecified atom stereocenters. The minimum atomic E-state index is -0.152. The fraction of sp³-hybridized carbons (Fsp3) is 0.900. The monoisotopic (exact) mass is 353 g/mol. The first-order valence-electron chi connectivity index (χ1n) is 10.2. The molecule has 0 saturated carbocycles. The molecule has 5 nitrogen and oxygen atoms in total. The summed E-state index contributed by atoms with van der Waals surface area (Å²) in [5.41, 5.74) is 0. The van der Waals surface area contributed by atoms with Crippen molar-refractivity contribution in [2.45, 2.75) is 71.1 Å². The molecule has 1 atom stereocenters. The van der Waals surface area contributed by atoms with E-state index in [1.165, 1.54) is 44.9 Å². The Bertz CT molecular complexity index is 385. The van der Waals surface area contributed by atoms with Gasteiger partial charge in [0.25, 0.3) is 0 Å². The van der Waals surface area contributed by atoms with Gasteiger partial charge in [0.05, 0.1) is 5.92 Å². The smallest absolute Gasteiger partial charge is 0.225 e. The Balaban J connectivity index is 2.06. The summed E-state index contributed by atoms with van der Waals surface area (Å²) in [5.74, 6) is 0.0401. The van der Waals surface area contributed by atoms with E-state index < -0.39 is 0 Å². The lowest BCUT2D eigenvalue weighted by atomic mass is 10.1. The van der Waals surface area contributed by atoms with Crippen LogP contribution in [0.2, 0.25) is 0 Å². The van der Waals surface area contributed by atoms with Crippen LogP contribution in [0.4, 0.5) is 0 Å². The molecule has 25 heavy (non-hydrogen) atoms. The molecular formula is C20H39N3O2. The van der Waals surface area contributed by atoms with Crippen LogP contribution in [0.15, 0.2) is 0 Å². The van der Waals surface area contributed by atoms with Crippen molar-refractivity contribution in [3.63, 3.8) is 0 Å². The molecule has 0 aromatic heterocycles. The van der Waals surface area contributed by atoms with Gasteiger partial charge in [0.1, 0.15) is 0 Å². The summed E-state index contributed by atoms with van der Waals surface area (Å²) >= 11 is 0. The lowest BCUT2D eigenvalue weighted by Crippen LogP contribution is -2.34. The molecule has 5 heteroatoms. The third-order valence-electron chi connectivity index (χ3n) is 4.95. The van der Waals surface area contributed by atoms with Gasteiger partial charge < -0.3 is 15.1 Å². The largest absolute Gasteiger partial charge is 0.356 e. The first-order valence-corrected chi connectivity index (χ1v) is 10.2. The van der Waals surface area contributed by atoms with Gasteiger partial charge in [-0.05, 0) is 33.5 Å². The Morgan fingerprint density at radius 3 is 2.36 bits per heavy atom. The molecule has 1 aliphatic rings. The number of likely N-dealkylation sites (tertiary alicyclic amines) is 1. The molecule has 1 saturated heterocycles. The molecule has 0 aromatic rings. The zero-order chi connectivity index (χ0) is 18.5. The van der Waals surface area contributed by atoms with E-state index in [1.54, 1.807) is 0 Å². The Morgan fingerprint density at radius 1 is 1.08 bits per heavy atom. The minimum Gasteiger partial charge on any atom is -0.356 e. The van der Waals surface area contributed by atoms with Crippen LogP contribution >= 0.6 is 0 Å². The van der Waals surface area contributed by atoms with Gasteiger partial charge in [-0.1, -0.05) is 51.9 Å². The van der Waals surface area contributed by atoms with Crippen LogP contribution in [-0.2, 0) is 9.59 Å². The van der Waals surface area contributed by atoms with Gasteiger partial charge in [0, 0.05) is 26.1 Å². The molecular weight excluding hydrogens is 314 g/mol. The van der Waals surface area contributed by atoms with Crippen molar-refractivity contribution < 1.29 is 9.59 Å². The highest BCUT2D eigenvalue weighted by molar-refractivity contribution is 5.89. The van der Waals surface area contributed by atoms with Crippen molar-refractivity contribution in [2.75, 3.05) is 40.3 Å². The molecule has 0 aromatic carbocycles. The van der Waals surface area contributed by atoms with Crippen molar-refractivity contribution in [1.82, 2.24) is 15.1 Å². The summed E-state index contributed by atoms with van der Waals surface area (Å²) in [6.45, 7) is 5.32. The van der Waals surface area contributed by atoms with E-state index >= 15 is 0 Å². The molecule has 1 aliphatic heterocycles. The molecule has 0 spiro atoms. The second-order valence-electron chi connectivity index (χ2n) is 7.66. The van der Waals surface area contributed by atoms with Crippen molar-refractivity contribution in [1.29, 1.82) is 0 Å². The zero-order valence-electron chi connectivity index (χ0n) is 16.7. The van der Waals surface area contributed by atoms with Crippen LogP contribution in [0, 0.1) is 5.92 Å². The molecule has 0 radical (unpaired) electrons. The van der Waals surface area contributed by atoms with E-state index in [0.29, 0.717) is 13.0 Å². The number of rotatable bonds is 14. The average Bonchev–Trinajstić information content (AvgIpc) is 2.94. The number of unbranched alkanes of at least 4 members (excludes halogenated alkanes) is 7. The van der Waals surface area contributed by atoms with E-state index in [0.717, 1.165) is 32.5 Å². The average molecular weight is 354 g/mol. The van der Waals surface area contributed by atoms with Crippen molar-refractivity contribution in [2.24, 2.45) is 5.92 Å². The maximum atomic E-state index is 12.2. The molecule has 1 fully saturated rings. The van der Waals surface area contributed by atoms with Gasteiger partial charge in [-0.2, -0.15) is 0 Å². The van der Waals surface area contributed by atoms with Crippen molar-refractivity contribution >= 4 is 11.8 Å². The second-order valence-corrected chi connectivity index (χ2v) is 7.66. The van der Waals surface area contributed by atoms with Crippen LogP contribution in [0.5, 0.6) is 0 Å². The van der Waals surface area contributed by atoms with Crippen LogP contribution in [0.1, 0.15) is 71.1 Å². The van der Waals surface area contributed by atoms with E-state index in [2.05, 4.69) is 17.1 Å². The summed E-state index contributed by atoms with van der Waals surface area (Å²) in [5, 5.41) is 3.03. The molecule has 2 amide bonds. The highest BCUT2D eigenvalue weighted by Gasteiger charge is 2.33. The Morgan fingerprint density at radius 2 is 1.72 bits per heavy atom. The van der Waals surface area contributed by atoms with Gasteiger partial charge >= 0.3 is 0 Å². The number of hydrogen-bond donors (Lipinski definition) is 1. The molecule has 0 aliphatic carbocycles. The number of amides is 2. The first-order chi connectivity index (χ1) is 12.0. The maximum Gasteiger partial charge on any atom is 0.225 e. The van der Waals surface area contributed by atoms with Crippen LogP contribution < -0.4 is 5.32 Å². The number of hydrogen-bond acceptors (Lipinski definition) is 3. The predicted octanol–water partition coefficient (Wildman–Crippen LogP) is 3.04. The lowest BCUT2D eigenvalue weighted by molar-refractivity contribution is -0.129. The summed E-state index contributed by atoms with van der Waals surface area (Å²) in [7, 11) is 4.07. The van der Waals surface area contributed by atoms with Crippen molar-refractivity contribution in [3.05, 3.63) is 0 Å². The molecule has 1 heterocycles. The summed E-state index contributed by atoms with van der Waals surface area (Å²) in [4.78, 5) is 28.2. The summed E-state index contributed by atoms with van der Waals surface area (Å²) in [6.07, 6.45) is 11.5. The number of carbonyl (C=O) groups is 2. The number of carbonyl (C=O) groups excluding carboxylic acids is 2. The Kier molecular flexibility index (Phi) is 11.5. The Hall–Kier alpha value is -1.10. The van der Waals surface area contributed by atoms with E-state index in [4.69, 9.17) is 0 Å². The van der Waals surface area contributed by atoms with Gasteiger partial charge in [0.2, 0.25) is 11.8 Å². The highest BCUT2D eigenvalue weighted by Crippen LogP contribution is 2.18. The van der Waals surface area contributed by atoms with Crippen molar-refractivity contribution in [3.8, 4) is 0 Å². The third kappa shape index (κ3) is 9.83. The predicted molar refractivity (Wildman–Crippen MR) is 103 cm³/mol. The van der Waals surface area contributed by atoms with E-state index in [-0.39, 0.29) is 17.7 Å². The molecule has 1 N–H and O–H groups in total. The molecule has 146 valence electrons. The number of nitrogens with zero attached hydrogens (tertiary/aromatic N) is 2. The molecule has 0 bridgehead atoms. The maximum absolute atomic E-state index is 12.2. The number of nitrogens with one attached hydrogen (secondary N) is 1. The zero-order valence-corrected chi connectivity index (χ0v) is 16.7. The summed E-state index contributed by atoms with van der Waals surface area (Å²) < 4.78 is 0. The fourth-order valence-electron chi connectivity index (χ4n) is 3.36. The normalized spacial score (nSPS) is 17.5. The standard InChI is InChI=1S/C20H39N3O2/c1-4-5-6-7-8-9-10-11-13-21-20(25)18-16-19(24)23(17-18)15-12-14-22(2)3/h18H,4-17H2,1-3H3,(H,21,25). The van der Waals surface area contributed by atoms with E-state index in [9.17, 15) is 9.59 Å². The van der Waals surface area contributed by atoms with Crippen LogP contribution in [-0.4, -0.2) is 61.9 Å². The first kappa shape index (κ1) is 21.9. The van der Waals surface area contributed by atoms with Crippen LogP contribution in [0.3, 0.4) is 0 Å². The third-order valence-corrected chi connectivity index (χ3v) is 4.95. The van der Waals surface area contributed by atoms with Gasteiger partial charge in [0.15, 0.2) is 0 Å². The van der Waals surface area contributed by atoms with Gasteiger partial charge in [-0.3, -0.25) is 9.59 Å². The van der Waals surface area contributed by atoms with E-state index in [1.807, 2.05) is 19.0 Å². The summed E-state index contributed by atoms with van der Waals surface area (Å²) in [6, 6.07) is 0. The van der Waals surface area contributed by atoms with Gasteiger partial charge in [-0.15, -0.1) is 0 Å². The second kappa shape index (κ2) is 13.2. The minimum absolute atomic E-state index is 0.0615. The lowest BCUT2D eigenvalue weighted by Gasteiger charge is -2.18. The SMILES string of the molecule is CCCCCCCCCCNC(=O)C1CC(=O)N(CCCN(C)C)C1.